The Hall–Kier alpha value is -1.03. The molecule has 0 atom stereocenters. The lowest BCUT2D eigenvalue weighted by Gasteiger charge is -2.26. The van der Waals surface area contributed by atoms with Crippen LogP contribution >= 0.6 is 0 Å². The summed E-state index contributed by atoms with van der Waals surface area (Å²) in [7, 11) is 0. The number of piperidine rings is 1. The van der Waals surface area contributed by atoms with Crippen molar-refractivity contribution < 1.29 is 0 Å². The van der Waals surface area contributed by atoms with Gasteiger partial charge < -0.3 is 14.8 Å². The van der Waals surface area contributed by atoms with Crippen LogP contribution in [0.3, 0.4) is 0 Å². The summed E-state index contributed by atoms with van der Waals surface area (Å²) in [6, 6.07) is 0. The summed E-state index contributed by atoms with van der Waals surface area (Å²) in [5, 5.41) is 3.45. The highest BCUT2D eigenvalue weighted by atomic mass is 15.2. The molecule has 108 valence electrons. The standard InChI is InChI=1S/C15H28N4/c1-13(2)11-16-15-17-14(3)12-19(15)10-9-18-7-5-4-6-8-18/h12-13H,4-11H2,1-3H3,(H,16,17). The average Bonchev–Trinajstić information content (AvgIpc) is 2.75. The first kappa shape index (κ1) is 14.4. The summed E-state index contributed by atoms with van der Waals surface area (Å²) in [4.78, 5) is 7.15. The van der Waals surface area contributed by atoms with Gasteiger partial charge in [0.25, 0.3) is 0 Å². The van der Waals surface area contributed by atoms with Gasteiger partial charge in [-0.1, -0.05) is 20.3 Å². The summed E-state index contributed by atoms with van der Waals surface area (Å²) in [5.74, 6) is 1.68. The van der Waals surface area contributed by atoms with Crippen LogP contribution in [0, 0.1) is 12.8 Å². The molecule has 1 fully saturated rings. The molecule has 0 saturated carbocycles. The van der Waals surface area contributed by atoms with Gasteiger partial charge >= 0.3 is 0 Å². The van der Waals surface area contributed by atoms with Crippen molar-refractivity contribution in [3.05, 3.63) is 11.9 Å². The minimum Gasteiger partial charge on any atom is -0.355 e. The highest BCUT2D eigenvalue weighted by Gasteiger charge is 2.11. The van der Waals surface area contributed by atoms with Gasteiger partial charge in [-0.25, -0.2) is 4.98 Å². The normalized spacial score (nSPS) is 17.1. The predicted molar refractivity (Wildman–Crippen MR) is 80.6 cm³/mol. The van der Waals surface area contributed by atoms with E-state index in [-0.39, 0.29) is 0 Å². The smallest absolute Gasteiger partial charge is 0.203 e. The second-order valence-electron chi connectivity index (χ2n) is 6.08. The maximum Gasteiger partial charge on any atom is 0.203 e. The highest BCUT2D eigenvalue weighted by molar-refractivity contribution is 5.28. The SMILES string of the molecule is Cc1cn(CCN2CCCCC2)c(NCC(C)C)n1. The molecule has 1 N–H and O–H groups in total. The zero-order valence-electron chi connectivity index (χ0n) is 12.7. The lowest BCUT2D eigenvalue weighted by atomic mass is 10.1. The number of likely N-dealkylation sites (tertiary alicyclic amines) is 1. The van der Waals surface area contributed by atoms with Crippen LogP contribution < -0.4 is 5.32 Å². The van der Waals surface area contributed by atoms with E-state index in [0.29, 0.717) is 5.92 Å². The number of imidazole rings is 1. The van der Waals surface area contributed by atoms with E-state index in [0.717, 1.165) is 31.3 Å². The Kier molecular flexibility index (Phi) is 5.25. The fourth-order valence-corrected chi connectivity index (χ4v) is 2.59. The number of nitrogens with zero attached hydrogens (tertiary/aromatic N) is 3. The molecule has 0 amide bonds. The van der Waals surface area contributed by atoms with E-state index < -0.39 is 0 Å². The molecule has 0 spiro atoms. The zero-order valence-corrected chi connectivity index (χ0v) is 12.7. The van der Waals surface area contributed by atoms with Crippen molar-refractivity contribution >= 4 is 5.95 Å². The zero-order chi connectivity index (χ0) is 13.7. The lowest BCUT2D eigenvalue weighted by Crippen LogP contribution is -2.32. The summed E-state index contributed by atoms with van der Waals surface area (Å²) >= 11 is 0. The molecule has 2 rings (SSSR count). The molecule has 0 radical (unpaired) electrons. The van der Waals surface area contributed by atoms with Crippen LogP contribution in [0.5, 0.6) is 0 Å². The predicted octanol–water partition coefficient (Wildman–Crippen LogP) is 2.75. The molecule has 4 nitrogen and oxygen atoms in total. The minimum atomic E-state index is 0.646. The van der Waals surface area contributed by atoms with Crippen LogP contribution in [0.15, 0.2) is 6.20 Å². The molecule has 19 heavy (non-hydrogen) atoms. The Morgan fingerprint density at radius 1 is 1.21 bits per heavy atom. The van der Waals surface area contributed by atoms with Gasteiger partial charge in [0.1, 0.15) is 0 Å². The van der Waals surface area contributed by atoms with Gasteiger partial charge in [0, 0.05) is 25.8 Å². The average molecular weight is 264 g/mol. The molecule has 1 aromatic heterocycles. The van der Waals surface area contributed by atoms with Crippen molar-refractivity contribution in [2.75, 3.05) is 31.5 Å². The van der Waals surface area contributed by atoms with Gasteiger partial charge in [0.2, 0.25) is 5.95 Å². The topological polar surface area (TPSA) is 33.1 Å². The van der Waals surface area contributed by atoms with Gasteiger partial charge in [-0.3, -0.25) is 0 Å². The number of rotatable bonds is 6. The van der Waals surface area contributed by atoms with Crippen molar-refractivity contribution in [2.24, 2.45) is 5.92 Å². The van der Waals surface area contributed by atoms with Crippen molar-refractivity contribution in [1.82, 2.24) is 14.5 Å². The quantitative estimate of drug-likeness (QED) is 0.857. The first-order valence-electron chi connectivity index (χ1n) is 7.65. The van der Waals surface area contributed by atoms with E-state index in [2.05, 4.69) is 46.7 Å². The van der Waals surface area contributed by atoms with Gasteiger partial charge in [-0.2, -0.15) is 0 Å². The molecule has 1 aromatic rings. The lowest BCUT2D eigenvalue weighted by molar-refractivity contribution is 0.221. The number of aromatic nitrogens is 2. The first-order chi connectivity index (χ1) is 9.15. The molecule has 0 aliphatic carbocycles. The molecule has 1 aliphatic rings. The maximum atomic E-state index is 4.58. The van der Waals surface area contributed by atoms with Gasteiger partial charge in [-0.15, -0.1) is 0 Å². The molecule has 0 aromatic carbocycles. The fraction of sp³-hybridized carbons (Fsp3) is 0.800. The number of hydrogen-bond donors (Lipinski definition) is 1. The fourth-order valence-electron chi connectivity index (χ4n) is 2.59. The van der Waals surface area contributed by atoms with E-state index in [9.17, 15) is 0 Å². The van der Waals surface area contributed by atoms with Crippen LogP contribution in [0.4, 0.5) is 5.95 Å². The molecule has 1 aliphatic heterocycles. The molecule has 1 saturated heterocycles. The second kappa shape index (κ2) is 6.94. The number of nitrogens with one attached hydrogen (secondary N) is 1. The summed E-state index contributed by atoms with van der Waals surface area (Å²) in [6.45, 7) is 12.2. The number of aryl methyl sites for hydroxylation is 1. The Balaban J connectivity index is 1.87. The number of anilines is 1. The van der Waals surface area contributed by atoms with E-state index in [1.54, 1.807) is 0 Å². The van der Waals surface area contributed by atoms with Gasteiger partial charge in [-0.05, 0) is 38.8 Å². The Morgan fingerprint density at radius 3 is 2.63 bits per heavy atom. The summed E-state index contributed by atoms with van der Waals surface area (Å²) in [5.41, 5.74) is 1.10. The van der Waals surface area contributed by atoms with Gasteiger partial charge in [0.05, 0.1) is 5.69 Å². The minimum absolute atomic E-state index is 0.646. The van der Waals surface area contributed by atoms with Crippen molar-refractivity contribution in [3.8, 4) is 0 Å². The second-order valence-corrected chi connectivity index (χ2v) is 6.08. The molecular weight excluding hydrogens is 236 g/mol. The van der Waals surface area contributed by atoms with Crippen LogP contribution in [0.1, 0.15) is 38.8 Å². The van der Waals surface area contributed by atoms with E-state index in [1.807, 2.05) is 0 Å². The monoisotopic (exact) mass is 264 g/mol. The van der Waals surface area contributed by atoms with Crippen LogP contribution in [-0.4, -0.2) is 40.6 Å². The Morgan fingerprint density at radius 2 is 1.95 bits per heavy atom. The summed E-state index contributed by atoms with van der Waals surface area (Å²) < 4.78 is 2.27. The maximum absolute atomic E-state index is 4.58. The van der Waals surface area contributed by atoms with Crippen LogP contribution in [0.25, 0.3) is 0 Å². The summed E-state index contributed by atoms with van der Waals surface area (Å²) in [6.07, 6.45) is 6.29. The highest BCUT2D eigenvalue weighted by Crippen LogP contribution is 2.12. The molecule has 2 heterocycles. The van der Waals surface area contributed by atoms with Crippen LogP contribution in [-0.2, 0) is 6.54 Å². The Labute approximate surface area is 117 Å². The third-order valence-corrected chi connectivity index (χ3v) is 3.67. The number of hydrogen-bond acceptors (Lipinski definition) is 3. The molecule has 0 bridgehead atoms. The third-order valence-electron chi connectivity index (χ3n) is 3.67. The first-order valence-corrected chi connectivity index (χ1v) is 7.65. The molecule has 4 heteroatoms. The van der Waals surface area contributed by atoms with Crippen molar-refractivity contribution in [3.63, 3.8) is 0 Å². The van der Waals surface area contributed by atoms with E-state index in [4.69, 9.17) is 0 Å². The van der Waals surface area contributed by atoms with Crippen LogP contribution in [0.2, 0.25) is 0 Å². The largest absolute Gasteiger partial charge is 0.355 e. The van der Waals surface area contributed by atoms with E-state index in [1.165, 1.54) is 32.4 Å². The third kappa shape index (κ3) is 4.53. The molecular formula is C15H28N4. The Bertz CT molecular complexity index is 377. The van der Waals surface area contributed by atoms with Crippen molar-refractivity contribution in [2.45, 2.75) is 46.6 Å². The molecule has 0 unspecified atom stereocenters. The van der Waals surface area contributed by atoms with Crippen molar-refractivity contribution in [1.29, 1.82) is 0 Å². The van der Waals surface area contributed by atoms with Gasteiger partial charge in [0.15, 0.2) is 0 Å². The van der Waals surface area contributed by atoms with E-state index >= 15 is 0 Å².